The highest BCUT2D eigenvalue weighted by Crippen LogP contribution is 2.44. The summed E-state index contributed by atoms with van der Waals surface area (Å²) in [4.78, 5) is 24.2. The van der Waals surface area contributed by atoms with Crippen LogP contribution in [-0.4, -0.2) is 73.0 Å². The number of aliphatic carboxylic acids is 2. The van der Waals surface area contributed by atoms with Crippen molar-refractivity contribution in [3.05, 3.63) is 77.9 Å². The van der Waals surface area contributed by atoms with Crippen molar-refractivity contribution in [2.75, 3.05) is 50.8 Å². The predicted octanol–water partition coefficient (Wildman–Crippen LogP) is 3.25. The topological polar surface area (TPSA) is 90.3 Å². The van der Waals surface area contributed by atoms with Crippen LogP contribution in [0.3, 0.4) is 0 Å². The smallest absolute Gasteiger partial charge is 0.328 e. The molecule has 0 bridgehead atoms. The van der Waals surface area contributed by atoms with Crippen LogP contribution in [0.1, 0.15) is 24.5 Å². The largest absolute Gasteiger partial charge is 0.478 e. The zero-order valence-corrected chi connectivity index (χ0v) is 19.0. The molecule has 0 amide bonds. The number of ether oxygens (including phenoxy) is 1. The molecule has 2 heterocycles. The third kappa shape index (κ3) is 6.66. The lowest BCUT2D eigenvalue weighted by molar-refractivity contribution is -0.134. The summed E-state index contributed by atoms with van der Waals surface area (Å²) < 4.78 is 5.45. The highest BCUT2D eigenvalue weighted by atomic mass is 16.5. The van der Waals surface area contributed by atoms with Crippen molar-refractivity contribution in [1.29, 1.82) is 0 Å². The maximum atomic E-state index is 9.55. The standard InChI is InChI=1S/C22H28N2O.C4H4O4/c1-22(19-8-3-2-4-9-19)18-24(21-11-6-5-10-20(21)22)13-7-12-23-14-16-25-17-15-23;5-3(6)1-2-4(7)8/h2-6,8-11H,7,12-18H2,1H3;1-2H,(H,5,6)(H,7,8)/b;2-1+. The zero-order valence-electron chi connectivity index (χ0n) is 19.0. The van der Waals surface area contributed by atoms with Gasteiger partial charge in [0.1, 0.15) is 0 Å². The van der Waals surface area contributed by atoms with E-state index in [1.165, 1.54) is 29.8 Å². The van der Waals surface area contributed by atoms with Crippen LogP contribution in [0.5, 0.6) is 0 Å². The van der Waals surface area contributed by atoms with Crippen molar-refractivity contribution in [3.63, 3.8) is 0 Å². The van der Waals surface area contributed by atoms with E-state index in [4.69, 9.17) is 14.9 Å². The van der Waals surface area contributed by atoms with E-state index in [0.29, 0.717) is 12.2 Å². The molecule has 176 valence electrons. The van der Waals surface area contributed by atoms with Crippen molar-refractivity contribution >= 4 is 17.6 Å². The molecule has 1 saturated heterocycles. The van der Waals surface area contributed by atoms with Crippen LogP contribution >= 0.6 is 0 Å². The molecule has 0 spiro atoms. The molecule has 1 unspecified atom stereocenters. The Morgan fingerprint density at radius 3 is 2.18 bits per heavy atom. The molecule has 2 N–H and O–H groups in total. The summed E-state index contributed by atoms with van der Waals surface area (Å²) in [6, 6.07) is 19.9. The molecular formula is C26H32N2O5. The lowest BCUT2D eigenvalue weighted by Crippen LogP contribution is -2.38. The number of carboxylic acid groups (broad SMARTS) is 2. The Kier molecular flexibility index (Phi) is 8.63. The second kappa shape index (κ2) is 11.6. The molecule has 2 aromatic rings. The monoisotopic (exact) mass is 452 g/mol. The molecule has 4 rings (SSSR count). The average molecular weight is 453 g/mol. The minimum Gasteiger partial charge on any atom is -0.478 e. The first-order valence-electron chi connectivity index (χ1n) is 11.2. The fraction of sp³-hybridized carbons (Fsp3) is 0.385. The number of rotatable bonds is 7. The van der Waals surface area contributed by atoms with Gasteiger partial charge in [0.15, 0.2) is 0 Å². The zero-order chi connectivity index (χ0) is 23.7. The van der Waals surface area contributed by atoms with Crippen LogP contribution in [0.2, 0.25) is 0 Å². The summed E-state index contributed by atoms with van der Waals surface area (Å²) in [6.07, 6.45) is 2.32. The molecule has 33 heavy (non-hydrogen) atoms. The first kappa shape index (κ1) is 24.5. The number of morpholine rings is 1. The van der Waals surface area contributed by atoms with E-state index in [9.17, 15) is 9.59 Å². The number of carboxylic acids is 2. The van der Waals surface area contributed by atoms with Gasteiger partial charge >= 0.3 is 11.9 Å². The van der Waals surface area contributed by atoms with E-state index in [2.05, 4.69) is 71.3 Å². The van der Waals surface area contributed by atoms with Gasteiger partial charge in [-0.3, -0.25) is 4.90 Å². The number of hydrogen-bond donors (Lipinski definition) is 2. The Morgan fingerprint density at radius 1 is 0.939 bits per heavy atom. The third-order valence-corrected chi connectivity index (χ3v) is 6.13. The molecule has 1 fully saturated rings. The van der Waals surface area contributed by atoms with Crippen molar-refractivity contribution < 1.29 is 24.5 Å². The van der Waals surface area contributed by atoms with Gasteiger partial charge in [-0.1, -0.05) is 48.5 Å². The highest BCUT2D eigenvalue weighted by Gasteiger charge is 2.39. The number of nitrogens with zero attached hydrogens (tertiary/aromatic N) is 2. The van der Waals surface area contributed by atoms with Gasteiger partial charge in [0, 0.05) is 56.0 Å². The molecular weight excluding hydrogens is 420 g/mol. The maximum Gasteiger partial charge on any atom is 0.328 e. The van der Waals surface area contributed by atoms with Gasteiger partial charge in [-0.05, 0) is 30.5 Å². The Balaban J connectivity index is 0.000000331. The Morgan fingerprint density at radius 2 is 1.55 bits per heavy atom. The average Bonchev–Trinajstić information content (AvgIpc) is 3.13. The van der Waals surface area contributed by atoms with Crippen molar-refractivity contribution in [3.8, 4) is 0 Å². The molecule has 2 aliphatic heterocycles. The Hall–Kier alpha value is -3.16. The molecule has 7 nitrogen and oxygen atoms in total. The number of benzene rings is 2. The number of fused-ring (bicyclic) bond motifs is 1. The summed E-state index contributed by atoms with van der Waals surface area (Å²) in [7, 11) is 0. The van der Waals surface area contributed by atoms with Crippen LogP contribution in [0, 0.1) is 0 Å². The Labute approximate surface area is 194 Å². The number of para-hydroxylation sites is 1. The van der Waals surface area contributed by atoms with Crippen LogP contribution in [0.15, 0.2) is 66.7 Å². The number of carbonyl (C=O) groups is 2. The van der Waals surface area contributed by atoms with Crippen molar-refractivity contribution in [2.45, 2.75) is 18.8 Å². The van der Waals surface area contributed by atoms with E-state index in [0.717, 1.165) is 39.4 Å². The van der Waals surface area contributed by atoms with Gasteiger partial charge in [-0.15, -0.1) is 0 Å². The highest BCUT2D eigenvalue weighted by molar-refractivity contribution is 5.89. The second-order valence-electron chi connectivity index (χ2n) is 8.45. The molecule has 2 aliphatic rings. The molecule has 0 aliphatic carbocycles. The van der Waals surface area contributed by atoms with Gasteiger partial charge in [0.25, 0.3) is 0 Å². The number of hydrogen-bond acceptors (Lipinski definition) is 5. The van der Waals surface area contributed by atoms with Crippen molar-refractivity contribution in [1.82, 2.24) is 4.90 Å². The summed E-state index contributed by atoms with van der Waals surface area (Å²) in [6.45, 7) is 9.69. The SMILES string of the molecule is CC1(c2ccccc2)CN(CCCN2CCOCC2)c2ccccc21.O=C(O)/C=C/C(=O)O. The van der Waals surface area contributed by atoms with Gasteiger partial charge in [0.2, 0.25) is 0 Å². The normalized spacial score (nSPS) is 20.2. The van der Waals surface area contributed by atoms with Gasteiger partial charge in [0.05, 0.1) is 13.2 Å². The van der Waals surface area contributed by atoms with E-state index in [-0.39, 0.29) is 5.41 Å². The first-order valence-corrected chi connectivity index (χ1v) is 11.2. The first-order chi connectivity index (χ1) is 15.9. The van der Waals surface area contributed by atoms with E-state index in [1.807, 2.05) is 0 Å². The summed E-state index contributed by atoms with van der Waals surface area (Å²) in [5, 5.41) is 15.6. The Bertz CT molecular complexity index is 940. The molecule has 7 heteroatoms. The van der Waals surface area contributed by atoms with Gasteiger partial charge in [-0.25, -0.2) is 9.59 Å². The van der Waals surface area contributed by atoms with Crippen LogP contribution in [-0.2, 0) is 19.7 Å². The quantitative estimate of drug-likeness (QED) is 0.623. The predicted molar refractivity (Wildman–Crippen MR) is 128 cm³/mol. The molecule has 1 atom stereocenters. The van der Waals surface area contributed by atoms with E-state index in [1.54, 1.807) is 0 Å². The lowest BCUT2D eigenvalue weighted by atomic mass is 9.78. The molecule has 0 aromatic heterocycles. The van der Waals surface area contributed by atoms with Crippen LogP contribution in [0.25, 0.3) is 0 Å². The summed E-state index contributed by atoms with van der Waals surface area (Å²) in [5.41, 5.74) is 4.37. The summed E-state index contributed by atoms with van der Waals surface area (Å²) >= 11 is 0. The number of anilines is 1. The minimum absolute atomic E-state index is 0.0802. The second-order valence-corrected chi connectivity index (χ2v) is 8.45. The van der Waals surface area contributed by atoms with Gasteiger partial charge < -0.3 is 19.8 Å². The minimum atomic E-state index is -1.26. The third-order valence-electron chi connectivity index (χ3n) is 6.13. The van der Waals surface area contributed by atoms with Crippen LogP contribution in [0.4, 0.5) is 5.69 Å². The van der Waals surface area contributed by atoms with E-state index < -0.39 is 11.9 Å². The molecule has 0 radical (unpaired) electrons. The molecule has 2 aromatic carbocycles. The van der Waals surface area contributed by atoms with Crippen LogP contribution < -0.4 is 4.90 Å². The fourth-order valence-electron chi connectivity index (χ4n) is 4.47. The van der Waals surface area contributed by atoms with Gasteiger partial charge in [-0.2, -0.15) is 0 Å². The van der Waals surface area contributed by atoms with E-state index >= 15 is 0 Å². The maximum absolute atomic E-state index is 9.55. The molecule has 0 saturated carbocycles. The lowest BCUT2D eigenvalue weighted by Gasteiger charge is -2.29. The fourth-order valence-corrected chi connectivity index (χ4v) is 4.47. The summed E-state index contributed by atoms with van der Waals surface area (Å²) in [5.74, 6) is -2.51. The van der Waals surface area contributed by atoms with Crippen molar-refractivity contribution in [2.24, 2.45) is 0 Å².